The van der Waals surface area contributed by atoms with E-state index in [1.54, 1.807) is 60.7 Å². The highest BCUT2D eigenvalue weighted by atomic mass is 32.1. The molecule has 0 saturated carbocycles. The van der Waals surface area contributed by atoms with Crippen molar-refractivity contribution in [1.82, 2.24) is 20.0 Å². The van der Waals surface area contributed by atoms with Crippen LogP contribution in [0.4, 0.5) is 8.63 Å². The van der Waals surface area contributed by atoms with E-state index in [1.165, 1.54) is 16.9 Å². The monoisotopic (exact) mass is 899 g/mol. The van der Waals surface area contributed by atoms with Gasteiger partial charge in [0.05, 0.1) is 4.88 Å². The zero-order valence-electron chi connectivity index (χ0n) is 37.8. The second-order valence-electron chi connectivity index (χ2n) is 17.3. The van der Waals surface area contributed by atoms with Crippen LogP contribution in [0, 0.1) is 0 Å². The number of thiophene rings is 1. The lowest BCUT2D eigenvalue weighted by Crippen LogP contribution is -2.50. The molecule has 7 rings (SSSR count). The highest BCUT2D eigenvalue weighted by Gasteiger charge is 2.52. The number of hydrogen-bond donors (Lipinski definition) is 3. The third-order valence-electron chi connectivity index (χ3n) is 12.1. The van der Waals surface area contributed by atoms with Crippen LogP contribution in [0.2, 0.25) is 0 Å². The van der Waals surface area contributed by atoms with Crippen LogP contribution in [0.5, 0.6) is 11.5 Å². The van der Waals surface area contributed by atoms with Crippen LogP contribution in [-0.2, 0) is 16.0 Å². The molecule has 340 valence electrons. The maximum Gasteiger partial charge on any atom is 0.737 e. The van der Waals surface area contributed by atoms with Crippen molar-refractivity contribution >= 4 is 54.1 Å². The largest absolute Gasteiger partial charge is 0.737 e. The maximum atomic E-state index is 16.1. The van der Waals surface area contributed by atoms with Crippen molar-refractivity contribution in [2.75, 3.05) is 26.2 Å². The fourth-order valence-electron chi connectivity index (χ4n) is 8.84. The lowest BCUT2D eigenvalue weighted by molar-refractivity contribution is -0.360. The number of amides is 2. The Morgan fingerprint density at radius 2 is 1.63 bits per heavy atom. The van der Waals surface area contributed by atoms with Gasteiger partial charge in [-0.3, -0.25) is 14.5 Å². The molecule has 0 aliphatic carbocycles. The summed E-state index contributed by atoms with van der Waals surface area (Å²) in [7, 11) is 0. The number of unbranched alkanes of at least 4 members (excludes halogenated alkanes) is 2. The Morgan fingerprint density at radius 1 is 0.862 bits per heavy atom. The maximum absolute atomic E-state index is 16.1. The van der Waals surface area contributed by atoms with Crippen molar-refractivity contribution < 1.29 is 32.6 Å². The molecule has 0 radical (unpaired) electrons. The fourth-order valence-corrected chi connectivity index (χ4v) is 9.58. The molecule has 1 atom stereocenters. The SMILES string of the molecule is CC(C)N(CC[C@H](c1ccccc1)c1cc(CCNC(=O)CCCCCNC(=O)COc2ccc(/C=C/c3ccc4n3[B-](F)(F)[N+]3=C(c5cccs5)C=CC3=C4)cc2)ccc1O)C(C)C. The Kier molecular flexibility index (Phi) is 15.7. The quantitative estimate of drug-likeness (QED) is 0.0475. The number of allylic oxidation sites excluding steroid dienone is 2. The van der Waals surface area contributed by atoms with E-state index in [0.717, 1.165) is 56.3 Å². The summed E-state index contributed by atoms with van der Waals surface area (Å²) in [6.07, 6.45) is 12.9. The van der Waals surface area contributed by atoms with Gasteiger partial charge < -0.3 is 38.1 Å². The number of phenols is 1. The summed E-state index contributed by atoms with van der Waals surface area (Å²) in [6, 6.07) is 31.3. The molecule has 2 aliphatic heterocycles. The average Bonchev–Trinajstić information content (AvgIpc) is 4.08. The number of benzene rings is 3. The summed E-state index contributed by atoms with van der Waals surface area (Å²) >= 11 is 1.44. The third-order valence-corrected chi connectivity index (χ3v) is 13.0. The van der Waals surface area contributed by atoms with Gasteiger partial charge in [0, 0.05) is 72.7 Å². The Bertz CT molecular complexity index is 2520. The predicted molar refractivity (Wildman–Crippen MR) is 261 cm³/mol. The summed E-state index contributed by atoms with van der Waals surface area (Å²) in [5.41, 5.74) is 5.78. The fraction of sp³-hybridized carbons (Fsp3) is 0.327. The van der Waals surface area contributed by atoms with Crippen LogP contribution in [0.3, 0.4) is 0 Å². The van der Waals surface area contributed by atoms with E-state index < -0.39 is 6.97 Å². The van der Waals surface area contributed by atoms with E-state index in [4.69, 9.17) is 4.74 Å². The minimum atomic E-state index is -4.12. The van der Waals surface area contributed by atoms with Gasteiger partial charge in [-0.05, 0) is 124 Å². The number of nitrogens with one attached hydrogen (secondary N) is 2. The van der Waals surface area contributed by atoms with Gasteiger partial charge in [0.2, 0.25) is 5.91 Å². The molecule has 3 N–H and O–H groups in total. The zero-order valence-corrected chi connectivity index (χ0v) is 38.6. The van der Waals surface area contributed by atoms with E-state index in [9.17, 15) is 14.7 Å². The van der Waals surface area contributed by atoms with Crippen molar-refractivity contribution in [3.8, 4) is 11.5 Å². The van der Waals surface area contributed by atoms with Gasteiger partial charge in [0.25, 0.3) is 5.91 Å². The number of nitrogens with zero attached hydrogens (tertiary/aromatic N) is 3. The minimum Gasteiger partial charge on any atom is -0.508 e. The van der Waals surface area contributed by atoms with Crippen LogP contribution < -0.4 is 15.4 Å². The number of aromatic nitrogens is 1. The molecular formula is C52H60BF2N5O4S. The van der Waals surface area contributed by atoms with Crippen LogP contribution in [0.25, 0.3) is 18.2 Å². The molecule has 0 saturated heterocycles. The Morgan fingerprint density at radius 3 is 2.37 bits per heavy atom. The smallest absolute Gasteiger partial charge is 0.508 e. The van der Waals surface area contributed by atoms with E-state index >= 15 is 8.63 Å². The van der Waals surface area contributed by atoms with Crippen LogP contribution in [0.15, 0.2) is 120 Å². The van der Waals surface area contributed by atoms with Gasteiger partial charge in [-0.1, -0.05) is 73.2 Å². The van der Waals surface area contributed by atoms with Crippen LogP contribution >= 0.6 is 11.3 Å². The number of carbonyl (C=O) groups excluding carboxylic acids is 2. The van der Waals surface area contributed by atoms with Crippen molar-refractivity contribution in [2.24, 2.45) is 0 Å². The molecule has 65 heavy (non-hydrogen) atoms. The summed E-state index contributed by atoms with van der Waals surface area (Å²) in [5, 5.41) is 18.8. The molecule has 0 bridgehead atoms. The first kappa shape index (κ1) is 46.9. The second-order valence-corrected chi connectivity index (χ2v) is 18.2. The standard InChI is InChI=1S/C52H60BF2N5O4S/c1-37(2)58(38(3)4)32-29-46(41-12-7-5-8-13-41)47-34-40(19-27-49(47)61)28-31-57-51(62)15-9-6-10-30-56-52(63)36-64-45-24-17-39(18-25-45)16-20-42-21-22-43-35-44-23-26-48(50-14-11-33-65-50)60(44)53(54,55)59(42)43/h5,7-8,11-14,16-27,33-35,37-38,46,61H,6,9-10,15,28-32,36H2,1-4H3,(H,56,63)(H,57,62)/b20-16+/t46-/m1/s1. The number of rotatable bonds is 22. The Labute approximate surface area is 385 Å². The van der Waals surface area contributed by atoms with Gasteiger partial charge in [0.15, 0.2) is 18.0 Å². The third kappa shape index (κ3) is 11.8. The molecule has 2 aliphatic rings. The first-order chi connectivity index (χ1) is 31.4. The molecule has 4 heterocycles. The van der Waals surface area contributed by atoms with Gasteiger partial charge in [-0.2, -0.15) is 0 Å². The van der Waals surface area contributed by atoms with Crippen LogP contribution in [-0.4, -0.2) is 81.8 Å². The zero-order chi connectivity index (χ0) is 45.9. The number of carbonyl (C=O) groups is 2. The molecular weight excluding hydrogens is 839 g/mol. The first-order valence-corrected chi connectivity index (χ1v) is 23.7. The van der Waals surface area contributed by atoms with Crippen molar-refractivity contribution in [3.63, 3.8) is 0 Å². The summed E-state index contributed by atoms with van der Waals surface area (Å²) < 4.78 is 40.2. The molecule has 0 unspecified atom stereocenters. The molecule has 13 heteroatoms. The molecule has 2 amide bonds. The van der Waals surface area contributed by atoms with Crippen molar-refractivity contribution in [1.29, 1.82) is 0 Å². The number of phenolic OH excluding ortho intramolecular Hbond substituents is 1. The number of halogens is 2. The Balaban J connectivity index is 0.792. The lowest BCUT2D eigenvalue weighted by Gasteiger charge is -2.32. The number of aromatic hydroxyl groups is 1. The van der Waals surface area contributed by atoms with Crippen molar-refractivity contribution in [3.05, 3.63) is 159 Å². The Hall–Kier alpha value is -6.05. The highest BCUT2D eigenvalue weighted by Crippen LogP contribution is 2.36. The number of hydrogen-bond acceptors (Lipinski definition) is 6. The summed E-state index contributed by atoms with van der Waals surface area (Å²) in [6.45, 7) is 6.53. The highest BCUT2D eigenvalue weighted by molar-refractivity contribution is 7.12. The first-order valence-electron chi connectivity index (χ1n) is 22.8. The van der Waals surface area contributed by atoms with E-state index in [-0.39, 0.29) is 24.3 Å². The van der Waals surface area contributed by atoms with Crippen molar-refractivity contribution in [2.45, 2.75) is 84.2 Å². The van der Waals surface area contributed by atoms with Gasteiger partial charge in [0.1, 0.15) is 11.5 Å². The number of fused-ring (bicyclic) bond motifs is 2. The summed E-state index contributed by atoms with van der Waals surface area (Å²) in [4.78, 5) is 28.4. The molecule has 9 nitrogen and oxygen atoms in total. The molecule has 0 spiro atoms. The van der Waals surface area contributed by atoms with Gasteiger partial charge in [-0.25, -0.2) is 0 Å². The number of ether oxygens (including phenoxy) is 1. The molecule has 0 fully saturated rings. The predicted octanol–water partition coefficient (Wildman–Crippen LogP) is 10.1. The normalized spacial score (nSPS) is 14.6. The van der Waals surface area contributed by atoms with E-state index in [0.29, 0.717) is 78.7 Å². The topological polar surface area (TPSA) is 98.8 Å². The molecule has 2 aromatic heterocycles. The second kappa shape index (κ2) is 21.8. The van der Waals surface area contributed by atoms with Gasteiger partial charge >= 0.3 is 6.97 Å². The molecule has 5 aromatic rings. The minimum absolute atomic E-state index is 0.00299. The average molecular weight is 900 g/mol. The van der Waals surface area contributed by atoms with E-state index in [1.807, 2.05) is 53.9 Å². The van der Waals surface area contributed by atoms with Crippen LogP contribution in [0.1, 0.15) is 104 Å². The summed E-state index contributed by atoms with van der Waals surface area (Å²) in [5.74, 6) is 0.614. The molecule has 3 aromatic carbocycles. The lowest BCUT2D eigenvalue weighted by atomic mass is 9.86. The van der Waals surface area contributed by atoms with Gasteiger partial charge in [-0.15, -0.1) is 11.3 Å². The van der Waals surface area contributed by atoms with E-state index in [2.05, 4.69) is 61.4 Å².